The van der Waals surface area contributed by atoms with Crippen molar-refractivity contribution >= 4 is 5.78 Å². The molecule has 1 rings (SSSR count). The number of ketones is 1. The zero-order chi connectivity index (χ0) is 11.5. The highest BCUT2D eigenvalue weighted by atomic mass is 16.3. The van der Waals surface area contributed by atoms with Crippen molar-refractivity contribution in [3.05, 3.63) is 0 Å². The summed E-state index contributed by atoms with van der Waals surface area (Å²) in [6, 6.07) is 0. The summed E-state index contributed by atoms with van der Waals surface area (Å²) in [4.78, 5) is 13.9. The van der Waals surface area contributed by atoms with Gasteiger partial charge < -0.3 is 5.11 Å². The van der Waals surface area contributed by atoms with Crippen molar-refractivity contribution in [2.45, 2.75) is 58.1 Å². The van der Waals surface area contributed by atoms with Crippen LogP contribution in [0.4, 0.5) is 0 Å². The molecule has 3 nitrogen and oxygen atoms in total. The van der Waals surface area contributed by atoms with Gasteiger partial charge in [0.25, 0.3) is 0 Å². The SMILES string of the molecule is CCC(C)(C(C)=O)N1CCCC(O)CC1. The normalized spacial score (nSPS) is 28.1. The van der Waals surface area contributed by atoms with Crippen LogP contribution in [0.5, 0.6) is 0 Å². The maximum Gasteiger partial charge on any atom is 0.149 e. The molecule has 0 radical (unpaired) electrons. The Kier molecular flexibility index (Phi) is 4.29. The topological polar surface area (TPSA) is 40.5 Å². The van der Waals surface area contributed by atoms with Gasteiger partial charge in [0.05, 0.1) is 11.6 Å². The Labute approximate surface area is 92.5 Å². The molecular formula is C12H23NO2. The fraction of sp³-hybridized carbons (Fsp3) is 0.917. The molecule has 1 N–H and O–H groups in total. The van der Waals surface area contributed by atoms with Crippen LogP contribution in [0, 0.1) is 0 Å². The van der Waals surface area contributed by atoms with Crippen molar-refractivity contribution < 1.29 is 9.90 Å². The minimum atomic E-state index is -0.329. The lowest BCUT2D eigenvalue weighted by molar-refractivity contribution is -0.128. The molecule has 88 valence electrons. The van der Waals surface area contributed by atoms with E-state index in [0.29, 0.717) is 0 Å². The fourth-order valence-corrected chi connectivity index (χ4v) is 2.27. The minimum Gasteiger partial charge on any atom is -0.393 e. The number of likely N-dealkylation sites (tertiary alicyclic amines) is 1. The fourth-order valence-electron chi connectivity index (χ4n) is 2.27. The van der Waals surface area contributed by atoms with Crippen LogP contribution in [-0.2, 0) is 4.79 Å². The average Bonchev–Trinajstić information content (AvgIpc) is 2.41. The first-order valence-corrected chi connectivity index (χ1v) is 5.95. The second kappa shape index (κ2) is 5.08. The summed E-state index contributed by atoms with van der Waals surface area (Å²) >= 11 is 0. The molecule has 0 aromatic heterocycles. The van der Waals surface area contributed by atoms with Crippen LogP contribution >= 0.6 is 0 Å². The molecule has 1 aliphatic heterocycles. The van der Waals surface area contributed by atoms with Crippen LogP contribution in [0.25, 0.3) is 0 Å². The second-order valence-electron chi connectivity index (χ2n) is 4.76. The highest BCUT2D eigenvalue weighted by Gasteiger charge is 2.35. The van der Waals surface area contributed by atoms with Gasteiger partial charge in [0, 0.05) is 6.54 Å². The van der Waals surface area contributed by atoms with E-state index in [1.165, 1.54) is 0 Å². The van der Waals surface area contributed by atoms with Gasteiger partial charge in [0.15, 0.2) is 0 Å². The lowest BCUT2D eigenvalue weighted by Gasteiger charge is -2.38. The van der Waals surface area contributed by atoms with Gasteiger partial charge in [0.1, 0.15) is 5.78 Å². The molecule has 2 unspecified atom stereocenters. The predicted octanol–water partition coefficient (Wildman–Crippen LogP) is 1.59. The van der Waals surface area contributed by atoms with Gasteiger partial charge in [0.2, 0.25) is 0 Å². The van der Waals surface area contributed by atoms with Crippen molar-refractivity contribution in [2.24, 2.45) is 0 Å². The van der Waals surface area contributed by atoms with Crippen LogP contribution < -0.4 is 0 Å². The molecule has 3 heteroatoms. The van der Waals surface area contributed by atoms with Gasteiger partial charge in [-0.25, -0.2) is 0 Å². The van der Waals surface area contributed by atoms with Crippen molar-refractivity contribution in [3.63, 3.8) is 0 Å². The van der Waals surface area contributed by atoms with Crippen LogP contribution in [0.2, 0.25) is 0 Å². The van der Waals surface area contributed by atoms with Gasteiger partial charge >= 0.3 is 0 Å². The summed E-state index contributed by atoms with van der Waals surface area (Å²) in [6.45, 7) is 7.52. The number of aliphatic hydroxyl groups excluding tert-OH is 1. The summed E-state index contributed by atoms with van der Waals surface area (Å²) in [7, 11) is 0. The summed E-state index contributed by atoms with van der Waals surface area (Å²) in [5.41, 5.74) is -0.329. The largest absolute Gasteiger partial charge is 0.393 e. The Morgan fingerprint density at radius 2 is 2.13 bits per heavy atom. The molecule has 0 spiro atoms. The monoisotopic (exact) mass is 213 g/mol. The maximum absolute atomic E-state index is 11.7. The first-order valence-electron chi connectivity index (χ1n) is 5.95. The third-order valence-electron chi connectivity index (χ3n) is 3.84. The van der Waals surface area contributed by atoms with Gasteiger partial charge in [-0.05, 0) is 46.1 Å². The van der Waals surface area contributed by atoms with E-state index in [4.69, 9.17) is 0 Å². The Hall–Kier alpha value is -0.410. The van der Waals surface area contributed by atoms with Crippen LogP contribution in [0.1, 0.15) is 46.5 Å². The van der Waals surface area contributed by atoms with E-state index in [-0.39, 0.29) is 17.4 Å². The number of nitrogens with zero attached hydrogens (tertiary/aromatic N) is 1. The molecule has 0 saturated carbocycles. The van der Waals surface area contributed by atoms with Crippen LogP contribution in [-0.4, -0.2) is 40.5 Å². The van der Waals surface area contributed by atoms with E-state index in [1.54, 1.807) is 6.92 Å². The van der Waals surface area contributed by atoms with E-state index in [2.05, 4.69) is 11.8 Å². The first kappa shape index (κ1) is 12.7. The number of rotatable bonds is 3. The molecule has 2 atom stereocenters. The molecule has 1 aliphatic rings. The highest BCUT2D eigenvalue weighted by Crippen LogP contribution is 2.24. The van der Waals surface area contributed by atoms with Crippen molar-refractivity contribution in [2.75, 3.05) is 13.1 Å². The molecule has 0 aliphatic carbocycles. The number of hydrogen-bond acceptors (Lipinski definition) is 3. The second-order valence-corrected chi connectivity index (χ2v) is 4.76. The molecule has 15 heavy (non-hydrogen) atoms. The number of aliphatic hydroxyl groups is 1. The molecule has 0 amide bonds. The first-order chi connectivity index (χ1) is 7.00. The number of Topliss-reactive ketones (excluding diaryl/α,β-unsaturated/α-hetero) is 1. The van der Waals surface area contributed by atoms with E-state index < -0.39 is 0 Å². The lowest BCUT2D eigenvalue weighted by Crippen LogP contribution is -2.51. The summed E-state index contributed by atoms with van der Waals surface area (Å²) < 4.78 is 0. The highest BCUT2D eigenvalue weighted by molar-refractivity contribution is 5.85. The van der Waals surface area contributed by atoms with Crippen molar-refractivity contribution in [1.82, 2.24) is 4.90 Å². The molecule has 1 fully saturated rings. The van der Waals surface area contributed by atoms with Gasteiger partial charge in [-0.3, -0.25) is 9.69 Å². The van der Waals surface area contributed by atoms with E-state index >= 15 is 0 Å². The third-order valence-corrected chi connectivity index (χ3v) is 3.84. The van der Waals surface area contributed by atoms with Crippen LogP contribution in [0.15, 0.2) is 0 Å². The molecule has 1 saturated heterocycles. The Morgan fingerprint density at radius 1 is 1.47 bits per heavy atom. The van der Waals surface area contributed by atoms with E-state index in [0.717, 1.165) is 38.8 Å². The Bertz CT molecular complexity index is 230. The van der Waals surface area contributed by atoms with Crippen LogP contribution in [0.3, 0.4) is 0 Å². The maximum atomic E-state index is 11.7. The molecule has 0 aromatic rings. The van der Waals surface area contributed by atoms with E-state index in [1.807, 2.05) is 6.92 Å². The zero-order valence-corrected chi connectivity index (χ0v) is 10.1. The summed E-state index contributed by atoms with van der Waals surface area (Å²) in [5, 5.41) is 9.57. The standard InChI is InChI=1S/C12H23NO2/c1-4-12(3,10(2)14)13-8-5-6-11(15)7-9-13/h11,15H,4-9H2,1-3H3. The van der Waals surface area contributed by atoms with E-state index in [9.17, 15) is 9.90 Å². The van der Waals surface area contributed by atoms with Gasteiger partial charge in [-0.15, -0.1) is 0 Å². The third kappa shape index (κ3) is 2.79. The van der Waals surface area contributed by atoms with Gasteiger partial charge in [-0.2, -0.15) is 0 Å². The minimum absolute atomic E-state index is 0.178. The average molecular weight is 213 g/mol. The quantitative estimate of drug-likeness (QED) is 0.774. The summed E-state index contributed by atoms with van der Waals surface area (Å²) in [5.74, 6) is 0.237. The number of carbonyl (C=O) groups excluding carboxylic acids is 1. The summed E-state index contributed by atoms with van der Waals surface area (Å²) in [6.07, 6.45) is 3.32. The van der Waals surface area contributed by atoms with Gasteiger partial charge in [-0.1, -0.05) is 6.92 Å². The Morgan fingerprint density at radius 3 is 2.67 bits per heavy atom. The molecule has 1 heterocycles. The molecule has 0 aromatic carbocycles. The Balaban J connectivity index is 2.72. The zero-order valence-electron chi connectivity index (χ0n) is 10.1. The smallest absolute Gasteiger partial charge is 0.149 e. The van der Waals surface area contributed by atoms with Crippen molar-refractivity contribution in [1.29, 1.82) is 0 Å². The lowest BCUT2D eigenvalue weighted by atomic mass is 9.91. The number of hydrogen-bond donors (Lipinski definition) is 1. The number of carbonyl (C=O) groups is 1. The molecule has 0 bridgehead atoms. The van der Waals surface area contributed by atoms with Crippen molar-refractivity contribution in [3.8, 4) is 0 Å². The predicted molar refractivity (Wildman–Crippen MR) is 60.8 cm³/mol. The molecular weight excluding hydrogens is 190 g/mol.